The van der Waals surface area contributed by atoms with Crippen molar-refractivity contribution in [1.29, 1.82) is 0 Å². The quantitative estimate of drug-likeness (QED) is 0.856. The monoisotopic (exact) mass is 332 g/mol. The second-order valence-corrected chi connectivity index (χ2v) is 6.25. The van der Waals surface area contributed by atoms with E-state index in [2.05, 4.69) is 0 Å². The van der Waals surface area contributed by atoms with Gasteiger partial charge in [-0.3, -0.25) is 4.79 Å². The molecule has 0 fully saturated rings. The van der Waals surface area contributed by atoms with E-state index >= 15 is 0 Å². The molecule has 0 saturated carbocycles. The fraction of sp³-hybridized carbons (Fsp3) is 0.294. The molecule has 3 atom stereocenters. The zero-order valence-electron chi connectivity index (χ0n) is 12.2. The maximum atomic E-state index is 12.9. The number of carboxylic acid groups (broad SMARTS) is 1. The van der Waals surface area contributed by atoms with E-state index in [1.807, 2.05) is 0 Å². The van der Waals surface area contributed by atoms with Gasteiger partial charge in [-0.15, -0.1) is 0 Å². The van der Waals surface area contributed by atoms with Gasteiger partial charge in [0.15, 0.2) is 11.9 Å². The summed E-state index contributed by atoms with van der Waals surface area (Å²) in [4.78, 5) is 24.1. The van der Waals surface area contributed by atoms with Gasteiger partial charge in [0, 0.05) is 12.0 Å². The minimum absolute atomic E-state index is 0.0576. The fourth-order valence-corrected chi connectivity index (χ4v) is 3.71. The molecule has 23 heavy (non-hydrogen) atoms. The van der Waals surface area contributed by atoms with Crippen LogP contribution >= 0.6 is 11.6 Å². The second kappa shape index (κ2) is 4.86. The van der Waals surface area contributed by atoms with E-state index in [4.69, 9.17) is 21.1 Å². The Hall–Kier alpha value is -2.27. The van der Waals surface area contributed by atoms with Crippen molar-refractivity contribution in [1.82, 2.24) is 0 Å². The van der Waals surface area contributed by atoms with Crippen molar-refractivity contribution < 1.29 is 24.2 Å². The Balaban J connectivity index is 1.83. The van der Waals surface area contributed by atoms with E-state index in [9.17, 15) is 14.7 Å². The number of carbonyl (C=O) groups excluding carboxylic acids is 1. The number of fused-ring (bicyclic) bond motifs is 3. The molecule has 6 heteroatoms. The third-order valence-electron chi connectivity index (χ3n) is 4.58. The lowest BCUT2D eigenvalue weighted by Crippen LogP contribution is -2.42. The van der Waals surface area contributed by atoms with Gasteiger partial charge in [-0.2, -0.15) is 0 Å². The average Bonchev–Trinajstić information content (AvgIpc) is 2.98. The van der Waals surface area contributed by atoms with Crippen molar-refractivity contribution in [2.45, 2.75) is 25.6 Å². The number of para-hydroxylation sites is 1. The van der Waals surface area contributed by atoms with Crippen LogP contribution in [0.2, 0.25) is 0 Å². The van der Waals surface area contributed by atoms with Crippen molar-refractivity contribution in [2.75, 3.05) is 0 Å². The number of benzene rings is 1. The smallest absolute Gasteiger partial charge is 0.345 e. The summed E-state index contributed by atoms with van der Waals surface area (Å²) in [6.45, 7) is 1.76. The molecular formula is C17H13ClO5. The lowest BCUT2D eigenvalue weighted by Gasteiger charge is -2.36. The van der Waals surface area contributed by atoms with E-state index < -0.39 is 24.1 Å². The molecule has 5 nitrogen and oxygen atoms in total. The molecule has 1 aliphatic carbocycles. The van der Waals surface area contributed by atoms with Crippen LogP contribution in [-0.4, -0.2) is 29.1 Å². The summed E-state index contributed by atoms with van der Waals surface area (Å²) < 4.78 is 11.5. The number of hydrogen-bond donors (Lipinski definition) is 1. The summed E-state index contributed by atoms with van der Waals surface area (Å²) in [5.74, 6) is -0.786. The molecular weight excluding hydrogens is 320 g/mol. The summed E-state index contributed by atoms with van der Waals surface area (Å²) in [6.07, 6.45) is -1.37. The highest BCUT2D eigenvalue weighted by molar-refractivity contribution is 6.32. The van der Waals surface area contributed by atoms with Crippen LogP contribution < -0.4 is 4.74 Å². The van der Waals surface area contributed by atoms with Crippen LogP contribution in [0.15, 0.2) is 46.2 Å². The molecule has 118 valence electrons. The van der Waals surface area contributed by atoms with E-state index in [0.29, 0.717) is 33.3 Å². The minimum atomic E-state index is -1.05. The first-order chi connectivity index (χ1) is 11.0. The van der Waals surface area contributed by atoms with Gasteiger partial charge in [0.2, 0.25) is 0 Å². The number of hydrogen-bond acceptors (Lipinski definition) is 4. The molecule has 2 heterocycles. The molecule has 2 aliphatic heterocycles. The predicted molar refractivity (Wildman–Crippen MR) is 81.4 cm³/mol. The van der Waals surface area contributed by atoms with Crippen LogP contribution in [0.5, 0.6) is 5.75 Å². The van der Waals surface area contributed by atoms with E-state index in [0.717, 1.165) is 0 Å². The summed E-state index contributed by atoms with van der Waals surface area (Å²) in [6, 6.07) is 7.05. The minimum Gasteiger partial charge on any atom is -0.484 e. The average molecular weight is 333 g/mol. The second-order valence-electron chi connectivity index (χ2n) is 5.88. The highest BCUT2D eigenvalue weighted by Gasteiger charge is 2.49. The van der Waals surface area contributed by atoms with Gasteiger partial charge in [-0.25, -0.2) is 4.79 Å². The predicted octanol–water partition coefficient (Wildman–Crippen LogP) is 2.90. The van der Waals surface area contributed by atoms with Crippen LogP contribution in [0.1, 0.15) is 23.7 Å². The molecule has 4 rings (SSSR count). The molecule has 0 aromatic heterocycles. The zero-order chi connectivity index (χ0) is 16.3. The molecule has 0 radical (unpaired) electrons. The van der Waals surface area contributed by atoms with Crippen molar-refractivity contribution in [3.63, 3.8) is 0 Å². The summed E-state index contributed by atoms with van der Waals surface area (Å²) in [7, 11) is 0. The largest absolute Gasteiger partial charge is 0.484 e. The van der Waals surface area contributed by atoms with Crippen LogP contribution in [-0.2, 0) is 9.53 Å². The molecule has 0 spiro atoms. The summed E-state index contributed by atoms with van der Waals surface area (Å²) in [5, 5.41) is 9.52. The Labute approximate surface area is 137 Å². The number of carbonyl (C=O) groups is 2. The Morgan fingerprint density at radius 3 is 2.78 bits per heavy atom. The maximum Gasteiger partial charge on any atom is 0.345 e. The first-order valence-corrected chi connectivity index (χ1v) is 7.66. The molecule has 3 aliphatic rings. The van der Waals surface area contributed by atoms with Crippen LogP contribution in [0.3, 0.4) is 0 Å². The zero-order valence-corrected chi connectivity index (χ0v) is 13.0. The highest BCUT2D eigenvalue weighted by Crippen LogP contribution is 2.48. The number of allylic oxidation sites excluding steroid dienone is 1. The first kappa shape index (κ1) is 14.3. The lowest BCUT2D eigenvalue weighted by atomic mass is 9.77. The van der Waals surface area contributed by atoms with Gasteiger partial charge in [0.05, 0.1) is 16.5 Å². The number of ether oxygens (including phenoxy) is 2. The number of halogens is 1. The Morgan fingerprint density at radius 1 is 1.30 bits per heavy atom. The number of aliphatic carboxylic acids is 1. The maximum absolute atomic E-state index is 12.9. The third kappa shape index (κ3) is 1.93. The van der Waals surface area contributed by atoms with E-state index in [1.54, 1.807) is 31.2 Å². The van der Waals surface area contributed by atoms with Crippen LogP contribution in [0.25, 0.3) is 0 Å². The van der Waals surface area contributed by atoms with Gasteiger partial charge in [0.25, 0.3) is 0 Å². The molecule has 3 unspecified atom stereocenters. The third-order valence-corrected chi connectivity index (χ3v) is 5.05. The fourth-order valence-electron chi connectivity index (χ4n) is 3.42. The standard InChI is InChI=1S/C17H13ClO5/c1-7-12-14(19)8-4-2-3-5-10(8)22-15(12)9-6-11(17(20)21)23-16(9)13(7)18/h2-5,11-12,15H,6H2,1H3,(H,20,21). The number of rotatable bonds is 1. The molecule has 1 N–H and O–H groups in total. The lowest BCUT2D eigenvalue weighted by molar-refractivity contribution is -0.146. The van der Waals surface area contributed by atoms with Crippen LogP contribution in [0.4, 0.5) is 0 Å². The SMILES string of the molecule is CC1=C(Cl)C2=C(CC(C(=O)O)O2)C2Oc3ccccc3C(=O)C12. The van der Waals surface area contributed by atoms with Gasteiger partial charge in [-0.1, -0.05) is 23.7 Å². The summed E-state index contributed by atoms with van der Waals surface area (Å²) in [5.41, 5.74) is 1.83. The first-order valence-electron chi connectivity index (χ1n) is 7.28. The van der Waals surface area contributed by atoms with Crippen LogP contribution in [0, 0.1) is 5.92 Å². The Kier molecular flexibility index (Phi) is 3.03. The molecule has 1 aromatic carbocycles. The van der Waals surface area contributed by atoms with Crippen molar-refractivity contribution >= 4 is 23.4 Å². The molecule has 0 amide bonds. The highest BCUT2D eigenvalue weighted by atomic mass is 35.5. The summed E-state index contributed by atoms with van der Waals surface area (Å²) >= 11 is 6.35. The topological polar surface area (TPSA) is 72.8 Å². The Morgan fingerprint density at radius 2 is 2.04 bits per heavy atom. The number of ketones is 1. The molecule has 0 saturated heterocycles. The normalized spacial score (nSPS) is 28.6. The molecule has 0 bridgehead atoms. The van der Waals surface area contributed by atoms with Gasteiger partial charge >= 0.3 is 5.97 Å². The number of carboxylic acids is 1. The van der Waals surface area contributed by atoms with Gasteiger partial charge < -0.3 is 14.6 Å². The van der Waals surface area contributed by atoms with Crippen molar-refractivity contribution in [3.8, 4) is 5.75 Å². The Bertz CT molecular complexity index is 807. The van der Waals surface area contributed by atoms with E-state index in [-0.39, 0.29) is 12.2 Å². The van der Waals surface area contributed by atoms with E-state index in [1.165, 1.54) is 0 Å². The van der Waals surface area contributed by atoms with Gasteiger partial charge in [-0.05, 0) is 24.6 Å². The molecule has 1 aromatic rings. The number of Topliss-reactive ketones (excluding diaryl/α,β-unsaturated/α-hetero) is 1. The van der Waals surface area contributed by atoms with Crippen molar-refractivity contribution in [2.24, 2.45) is 5.92 Å². The van der Waals surface area contributed by atoms with Crippen molar-refractivity contribution in [3.05, 3.63) is 51.8 Å². The van der Waals surface area contributed by atoms with Gasteiger partial charge in [0.1, 0.15) is 17.6 Å².